The molecular weight excluding hydrogens is 276 g/mol. The second-order valence-corrected chi connectivity index (χ2v) is 5.25. The third-order valence-electron chi connectivity index (χ3n) is 3.74. The van der Waals surface area contributed by atoms with Gasteiger partial charge < -0.3 is 15.2 Å². The van der Waals surface area contributed by atoms with Gasteiger partial charge in [-0.3, -0.25) is 14.9 Å². The molecule has 21 heavy (non-hydrogen) atoms. The van der Waals surface area contributed by atoms with E-state index < -0.39 is 10.5 Å². The molecule has 1 heterocycles. The summed E-state index contributed by atoms with van der Waals surface area (Å²) in [7, 11) is 0. The lowest BCUT2D eigenvalue weighted by molar-refractivity contribution is -0.384. The quantitative estimate of drug-likeness (QED) is 0.617. The van der Waals surface area contributed by atoms with Crippen LogP contribution in [-0.2, 0) is 16.0 Å². The highest BCUT2D eigenvalue weighted by molar-refractivity contribution is 5.78. The first kappa shape index (κ1) is 15.4. The number of ether oxygens (including phenoxy) is 1. The van der Waals surface area contributed by atoms with Gasteiger partial charge in [0, 0.05) is 31.7 Å². The maximum absolute atomic E-state index is 11.9. The van der Waals surface area contributed by atoms with Crippen molar-refractivity contribution < 1.29 is 19.6 Å². The topological polar surface area (TPSA) is 102 Å². The van der Waals surface area contributed by atoms with Gasteiger partial charge in [0.1, 0.15) is 5.60 Å². The van der Waals surface area contributed by atoms with Gasteiger partial charge in [0.05, 0.1) is 17.4 Å². The van der Waals surface area contributed by atoms with E-state index in [2.05, 4.69) is 5.32 Å². The number of carbonyl (C=O) groups excluding carboxylic acids is 1. The number of amides is 1. The third-order valence-corrected chi connectivity index (χ3v) is 3.74. The minimum absolute atomic E-state index is 0.0347. The van der Waals surface area contributed by atoms with Gasteiger partial charge in [0.15, 0.2) is 0 Å². The minimum atomic E-state index is -1.04. The van der Waals surface area contributed by atoms with Crippen LogP contribution in [0.4, 0.5) is 5.69 Å². The van der Waals surface area contributed by atoms with E-state index in [1.165, 1.54) is 12.1 Å². The van der Waals surface area contributed by atoms with Gasteiger partial charge in [0.2, 0.25) is 5.91 Å². The second kappa shape index (κ2) is 6.19. The van der Waals surface area contributed by atoms with Gasteiger partial charge >= 0.3 is 0 Å². The van der Waals surface area contributed by atoms with Crippen LogP contribution in [0, 0.1) is 10.1 Å². The molecule has 2 atom stereocenters. The molecular formula is C14H18N2O5. The van der Waals surface area contributed by atoms with Gasteiger partial charge in [0.25, 0.3) is 5.69 Å². The fraction of sp³-hybridized carbons (Fsp3) is 0.500. The Hall–Kier alpha value is -1.99. The van der Waals surface area contributed by atoms with Crippen molar-refractivity contribution in [1.82, 2.24) is 5.32 Å². The Bertz CT molecular complexity index is 548. The summed E-state index contributed by atoms with van der Waals surface area (Å²) in [5.74, 6) is -0.289. The molecule has 0 spiro atoms. The summed E-state index contributed by atoms with van der Waals surface area (Å²) in [6, 6.07) is 5.95. The van der Waals surface area contributed by atoms with Crippen LogP contribution in [0.3, 0.4) is 0 Å². The Balaban J connectivity index is 1.90. The maximum Gasteiger partial charge on any atom is 0.269 e. The predicted molar refractivity (Wildman–Crippen MR) is 74.8 cm³/mol. The van der Waals surface area contributed by atoms with Crippen LogP contribution >= 0.6 is 0 Å². The average molecular weight is 294 g/mol. The molecule has 1 saturated heterocycles. The molecule has 2 unspecified atom stereocenters. The SMILES string of the molecule is CC1OCCC1(O)CNC(=O)Cc1cccc([N+](=O)[O-])c1. The highest BCUT2D eigenvalue weighted by Crippen LogP contribution is 2.24. The van der Waals surface area contributed by atoms with Crippen LogP contribution < -0.4 is 5.32 Å². The van der Waals surface area contributed by atoms with Crippen molar-refractivity contribution in [2.24, 2.45) is 0 Å². The fourth-order valence-corrected chi connectivity index (χ4v) is 2.28. The molecule has 0 saturated carbocycles. The predicted octanol–water partition coefficient (Wildman–Crippen LogP) is 0.793. The van der Waals surface area contributed by atoms with Crippen molar-refractivity contribution in [1.29, 1.82) is 0 Å². The van der Waals surface area contributed by atoms with E-state index in [0.29, 0.717) is 18.6 Å². The Labute approximate surface area is 122 Å². The molecule has 0 aromatic heterocycles. The Morgan fingerprint density at radius 2 is 2.38 bits per heavy atom. The summed E-state index contributed by atoms with van der Waals surface area (Å²) in [5.41, 5.74) is -0.528. The standard InChI is InChI=1S/C14H18N2O5/c1-10-14(18,5-6-21-10)9-15-13(17)8-11-3-2-4-12(7-11)16(19)20/h2-4,7,10,18H,5-6,8-9H2,1H3,(H,15,17). The maximum atomic E-state index is 11.9. The summed E-state index contributed by atoms with van der Waals surface area (Å²) >= 11 is 0. The van der Waals surface area contributed by atoms with E-state index in [9.17, 15) is 20.0 Å². The number of nitrogens with zero attached hydrogens (tertiary/aromatic N) is 1. The van der Waals surface area contributed by atoms with Crippen LogP contribution in [0.5, 0.6) is 0 Å². The summed E-state index contributed by atoms with van der Waals surface area (Å²) in [5, 5.41) is 23.6. The molecule has 0 aliphatic carbocycles. The molecule has 1 aromatic carbocycles. The lowest BCUT2D eigenvalue weighted by atomic mass is 9.96. The zero-order valence-corrected chi connectivity index (χ0v) is 11.7. The number of hydrogen-bond donors (Lipinski definition) is 2. The zero-order chi connectivity index (χ0) is 15.5. The lowest BCUT2D eigenvalue weighted by Crippen LogP contribution is -2.47. The van der Waals surface area contributed by atoms with Gasteiger partial charge in [-0.15, -0.1) is 0 Å². The van der Waals surface area contributed by atoms with Gasteiger partial charge in [-0.25, -0.2) is 0 Å². The van der Waals surface area contributed by atoms with E-state index in [1.807, 2.05) is 0 Å². The van der Waals surface area contributed by atoms with Crippen LogP contribution in [0.25, 0.3) is 0 Å². The highest BCUT2D eigenvalue weighted by Gasteiger charge is 2.39. The van der Waals surface area contributed by atoms with Crippen molar-refractivity contribution in [3.63, 3.8) is 0 Å². The average Bonchev–Trinajstić information content (AvgIpc) is 2.77. The number of non-ortho nitro benzene ring substituents is 1. The number of hydrogen-bond acceptors (Lipinski definition) is 5. The number of nitro groups is 1. The molecule has 1 fully saturated rings. The van der Waals surface area contributed by atoms with Crippen molar-refractivity contribution in [2.45, 2.75) is 31.5 Å². The van der Waals surface area contributed by atoms with Crippen LogP contribution in [0.15, 0.2) is 24.3 Å². The largest absolute Gasteiger partial charge is 0.385 e. The number of aliphatic hydroxyl groups is 1. The molecule has 7 heteroatoms. The molecule has 0 radical (unpaired) electrons. The first-order valence-electron chi connectivity index (χ1n) is 6.75. The molecule has 0 bridgehead atoms. The minimum Gasteiger partial charge on any atom is -0.385 e. The number of rotatable bonds is 5. The second-order valence-electron chi connectivity index (χ2n) is 5.25. The summed E-state index contributed by atoms with van der Waals surface area (Å²) in [6.45, 7) is 2.35. The number of benzene rings is 1. The molecule has 1 aliphatic heterocycles. The highest BCUT2D eigenvalue weighted by atomic mass is 16.6. The van der Waals surface area contributed by atoms with E-state index in [-0.39, 0.29) is 30.7 Å². The Morgan fingerprint density at radius 1 is 1.62 bits per heavy atom. The van der Waals surface area contributed by atoms with E-state index in [1.54, 1.807) is 19.1 Å². The summed E-state index contributed by atoms with van der Waals surface area (Å²) < 4.78 is 5.28. The summed E-state index contributed by atoms with van der Waals surface area (Å²) in [4.78, 5) is 22.0. The molecule has 7 nitrogen and oxygen atoms in total. The Kier molecular flexibility index (Phi) is 4.54. The molecule has 1 aliphatic rings. The van der Waals surface area contributed by atoms with Crippen LogP contribution in [0.2, 0.25) is 0 Å². The first-order valence-corrected chi connectivity index (χ1v) is 6.75. The van der Waals surface area contributed by atoms with Crippen molar-refractivity contribution in [3.8, 4) is 0 Å². The van der Waals surface area contributed by atoms with Crippen molar-refractivity contribution in [3.05, 3.63) is 39.9 Å². The van der Waals surface area contributed by atoms with Crippen molar-refractivity contribution >= 4 is 11.6 Å². The van der Waals surface area contributed by atoms with Gasteiger partial charge in [-0.05, 0) is 12.5 Å². The van der Waals surface area contributed by atoms with Crippen LogP contribution in [0.1, 0.15) is 18.9 Å². The van der Waals surface area contributed by atoms with E-state index in [0.717, 1.165) is 0 Å². The third kappa shape index (κ3) is 3.77. The van der Waals surface area contributed by atoms with Gasteiger partial charge in [-0.1, -0.05) is 12.1 Å². The molecule has 2 N–H and O–H groups in total. The molecule has 1 aromatic rings. The number of nitro benzene ring substituents is 1. The van der Waals surface area contributed by atoms with Crippen molar-refractivity contribution in [2.75, 3.05) is 13.2 Å². The smallest absolute Gasteiger partial charge is 0.269 e. The normalized spacial score (nSPS) is 24.8. The summed E-state index contributed by atoms with van der Waals surface area (Å²) in [6.07, 6.45) is 0.189. The number of carbonyl (C=O) groups is 1. The van der Waals surface area contributed by atoms with Crippen LogP contribution in [-0.4, -0.2) is 40.8 Å². The monoisotopic (exact) mass is 294 g/mol. The molecule has 114 valence electrons. The molecule has 2 rings (SSSR count). The first-order chi connectivity index (χ1) is 9.90. The zero-order valence-electron chi connectivity index (χ0n) is 11.7. The number of nitrogens with one attached hydrogen (secondary N) is 1. The van der Waals surface area contributed by atoms with Gasteiger partial charge in [-0.2, -0.15) is 0 Å². The fourth-order valence-electron chi connectivity index (χ4n) is 2.28. The molecule has 1 amide bonds. The lowest BCUT2D eigenvalue weighted by Gasteiger charge is -2.26. The van der Waals surface area contributed by atoms with E-state index >= 15 is 0 Å². The Morgan fingerprint density at radius 3 is 3.00 bits per heavy atom. The van der Waals surface area contributed by atoms with E-state index in [4.69, 9.17) is 4.74 Å².